The second-order valence-corrected chi connectivity index (χ2v) is 7.10. The summed E-state index contributed by atoms with van der Waals surface area (Å²) in [6.07, 6.45) is 4.61. The summed E-state index contributed by atoms with van der Waals surface area (Å²) in [6, 6.07) is 20.2. The quantitative estimate of drug-likeness (QED) is 0.749. The van der Waals surface area contributed by atoms with Crippen LogP contribution >= 0.6 is 0 Å². The molecule has 0 saturated carbocycles. The molecule has 1 atom stereocenters. The highest BCUT2D eigenvalue weighted by molar-refractivity contribution is 6.62. The van der Waals surface area contributed by atoms with Crippen molar-refractivity contribution in [3.05, 3.63) is 71.8 Å². The Hall–Kier alpha value is -2.00. The van der Waals surface area contributed by atoms with E-state index in [2.05, 4.69) is 104 Å². The topological polar surface area (TPSA) is 15.3 Å². The average Bonchev–Trinajstić information content (AvgIpc) is 2.98. The van der Waals surface area contributed by atoms with E-state index < -0.39 is 0 Å². The monoisotopic (exact) mass is 318 g/mol. The number of hydrogen-bond donors (Lipinski definition) is 1. The summed E-state index contributed by atoms with van der Waals surface area (Å²) in [5.74, 6) is 0.353. The molecular weight excluding hydrogens is 291 g/mol. The summed E-state index contributed by atoms with van der Waals surface area (Å²) in [4.78, 5) is 2.57. The lowest BCUT2D eigenvalue weighted by Gasteiger charge is -2.39. The molecule has 0 radical (unpaired) electrons. The van der Waals surface area contributed by atoms with Gasteiger partial charge in [0.05, 0.1) is 0 Å². The Morgan fingerprint density at radius 3 is 2.17 bits per heavy atom. The summed E-state index contributed by atoms with van der Waals surface area (Å²) < 4.78 is 0. The zero-order chi connectivity index (χ0) is 17.1. The standard InChI is InChI=1S/C21H27BN2/c1-16(2)24(17(3)4)22(23-19-11-6-5-7-12-19)21-15-14-18-10-8-9-13-20(18)21/h5-17,21,23H,1-4H3. The molecule has 0 aliphatic heterocycles. The van der Waals surface area contributed by atoms with Crippen molar-refractivity contribution in [1.29, 1.82) is 0 Å². The van der Waals surface area contributed by atoms with Crippen LogP contribution in [0.2, 0.25) is 0 Å². The first-order valence-corrected chi connectivity index (χ1v) is 8.94. The molecule has 0 spiro atoms. The van der Waals surface area contributed by atoms with Crippen molar-refractivity contribution >= 4 is 18.7 Å². The van der Waals surface area contributed by atoms with E-state index in [1.165, 1.54) is 16.8 Å². The summed E-state index contributed by atoms with van der Waals surface area (Å²) in [5.41, 5.74) is 3.93. The Kier molecular flexibility index (Phi) is 5.10. The Bertz CT molecular complexity index is 686. The predicted octanol–water partition coefficient (Wildman–Crippen LogP) is 5.06. The molecule has 24 heavy (non-hydrogen) atoms. The number of benzene rings is 2. The van der Waals surface area contributed by atoms with E-state index in [0.29, 0.717) is 17.9 Å². The number of nitrogens with zero attached hydrogens (tertiary/aromatic N) is 1. The highest BCUT2D eigenvalue weighted by Crippen LogP contribution is 2.34. The summed E-state index contributed by atoms with van der Waals surface area (Å²) >= 11 is 0. The largest absolute Gasteiger partial charge is 0.414 e. The second-order valence-electron chi connectivity index (χ2n) is 7.10. The van der Waals surface area contributed by atoms with Crippen molar-refractivity contribution in [2.24, 2.45) is 0 Å². The minimum Gasteiger partial charge on any atom is -0.414 e. The zero-order valence-electron chi connectivity index (χ0n) is 15.1. The van der Waals surface area contributed by atoms with Crippen LogP contribution in [0, 0.1) is 0 Å². The van der Waals surface area contributed by atoms with E-state index in [9.17, 15) is 0 Å². The fourth-order valence-electron chi connectivity index (χ4n) is 3.85. The molecule has 0 amide bonds. The van der Waals surface area contributed by atoms with Gasteiger partial charge in [0.2, 0.25) is 0 Å². The van der Waals surface area contributed by atoms with Crippen molar-refractivity contribution in [1.82, 2.24) is 4.81 Å². The smallest absolute Gasteiger partial charge is 0.352 e. The van der Waals surface area contributed by atoms with Gasteiger partial charge in [-0.1, -0.05) is 82.3 Å². The summed E-state index contributed by atoms with van der Waals surface area (Å²) in [7, 11) is 0. The Labute approximate surface area is 146 Å². The molecule has 0 bridgehead atoms. The predicted molar refractivity (Wildman–Crippen MR) is 106 cm³/mol. The third-order valence-corrected chi connectivity index (χ3v) is 4.78. The van der Waals surface area contributed by atoms with E-state index in [1.807, 2.05) is 0 Å². The number of nitrogens with one attached hydrogen (secondary N) is 1. The van der Waals surface area contributed by atoms with Gasteiger partial charge in [-0.25, -0.2) is 0 Å². The van der Waals surface area contributed by atoms with Crippen molar-refractivity contribution in [3.63, 3.8) is 0 Å². The molecule has 3 heteroatoms. The minimum atomic E-state index is 0.229. The van der Waals surface area contributed by atoms with Crippen LogP contribution in [0.1, 0.15) is 44.6 Å². The van der Waals surface area contributed by atoms with Crippen molar-refractivity contribution in [3.8, 4) is 0 Å². The van der Waals surface area contributed by atoms with Gasteiger partial charge >= 0.3 is 6.98 Å². The van der Waals surface area contributed by atoms with Gasteiger partial charge in [0.15, 0.2) is 0 Å². The highest BCUT2D eigenvalue weighted by atomic mass is 15.2. The Balaban J connectivity index is 1.98. The molecule has 124 valence electrons. The Morgan fingerprint density at radius 1 is 0.875 bits per heavy atom. The number of hydrogen-bond acceptors (Lipinski definition) is 2. The zero-order valence-corrected chi connectivity index (χ0v) is 15.1. The van der Waals surface area contributed by atoms with E-state index in [1.54, 1.807) is 0 Å². The number of para-hydroxylation sites is 1. The maximum Gasteiger partial charge on any atom is 0.352 e. The lowest BCUT2D eigenvalue weighted by Crippen LogP contribution is -2.55. The van der Waals surface area contributed by atoms with Gasteiger partial charge in [-0.2, -0.15) is 0 Å². The molecule has 1 N–H and O–H groups in total. The number of rotatable bonds is 6. The van der Waals surface area contributed by atoms with Gasteiger partial charge in [-0.15, -0.1) is 0 Å². The van der Waals surface area contributed by atoms with Gasteiger partial charge in [0, 0.05) is 11.5 Å². The second kappa shape index (κ2) is 7.27. The maximum absolute atomic E-state index is 3.80. The van der Waals surface area contributed by atoms with Gasteiger partial charge in [-0.3, -0.25) is 0 Å². The molecule has 1 aliphatic carbocycles. The molecule has 0 saturated heterocycles. The molecule has 1 aliphatic rings. The van der Waals surface area contributed by atoms with Crippen LogP contribution in [0.4, 0.5) is 5.69 Å². The van der Waals surface area contributed by atoms with Crippen LogP contribution in [0.25, 0.3) is 6.08 Å². The lowest BCUT2D eigenvalue weighted by molar-refractivity contribution is 0.301. The van der Waals surface area contributed by atoms with Gasteiger partial charge < -0.3 is 10.0 Å². The minimum absolute atomic E-state index is 0.229. The molecule has 1 unspecified atom stereocenters. The van der Waals surface area contributed by atoms with Gasteiger partial charge in [-0.05, 0) is 35.3 Å². The van der Waals surface area contributed by atoms with E-state index in [-0.39, 0.29) is 6.98 Å². The first-order valence-electron chi connectivity index (χ1n) is 8.94. The maximum atomic E-state index is 3.80. The molecule has 2 aromatic carbocycles. The molecule has 2 nitrogen and oxygen atoms in total. The van der Waals surface area contributed by atoms with Crippen LogP contribution in [0.3, 0.4) is 0 Å². The van der Waals surface area contributed by atoms with Crippen LogP contribution in [-0.4, -0.2) is 23.9 Å². The van der Waals surface area contributed by atoms with E-state index in [4.69, 9.17) is 0 Å². The van der Waals surface area contributed by atoms with E-state index >= 15 is 0 Å². The Morgan fingerprint density at radius 2 is 1.50 bits per heavy atom. The number of fused-ring (bicyclic) bond motifs is 1. The molecule has 3 rings (SSSR count). The first kappa shape index (κ1) is 16.8. The third-order valence-electron chi connectivity index (χ3n) is 4.78. The average molecular weight is 318 g/mol. The van der Waals surface area contributed by atoms with E-state index in [0.717, 1.165) is 0 Å². The van der Waals surface area contributed by atoms with Crippen molar-refractivity contribution in [2.45, 2.75) is 45.6 Å². The normalized spacial score (nSPS) is 16.0. The first-order chi connectivity index (χ1) is 11.6. The fourth-order valence-corrected chi connectivity index (χ4v) is 3.85. The third kappa shape index (κ3) is 3.41. The lowest BCUT2D eigenvalue weighted by atomic mass is 9.57. The molecule has 0 aromatic heterocycles. The summed E-state index contributed by atoms with van der Waals surface area (Å²) in [6.45, 7) is 9.36. The van der Waals surface area contributed by atoms with Crippen LogP contribution in [0.15, 0.2) is 60.7 Å². The number of anilines is 1. The van der Waals surface area contributed by atoms with Gasteiger partial charge in [0.1, 0.15) is 0 Å². The van der Waals surface area contributed by atoms with Crippen molar-refractivity contribution in [2.75, 3.05) is 5.23 Å². The SMILES string of the molecule is CC(C)N(B(Nc1ccccc1)C1C=Cc2ccccc21)C(C)C. The fraction of sp³-hybridized carbons (Fsp3) is 0.333. The molecule has 2 aromatic rings. The molecular formula is C21H27BN2. The van der Waals surface area contributed by atoms with Crippen LogP contribution < -0.4 is 5.23 Å². The van der Waals surface area contributed by atoms with Gasteiger partial charge in [0.25, 0.3) is 0 Å². The van der Waals surface area contributed by atoms with Crippen LogP contribution in [0.5, 0.6) is 0 Å². The van der Waals surface area contributed by atoms with Crippen molar-refractivity contribution < 1.29 is 0 Å². The number of allylic oxidation sites excluding steroid dienone is 1. The molecule has 0 fully saturated rings. The molecule has 0 heterocycles. The summed E-state index contributed by atoms with van der Waals surface area (Å²) in [5, 5.41) is 3.80. The van der Waals surface area contributed by atoms with Crippen LogP contribution in [-0.2, 0) is 0 Å². The highest BCUT2D eigenvalue weighted by Gasteiger charge is 2.38.